The highest BCUT2D eigenvalue weighted by atomic mass is 32.2. The fourth-order valence-electron chi connectivity index (χ4n) is 2.94. The Hall–Kier alpha value is -3.54. The van der Waals surface area contributed by atoms with Gasteiger partial charge in [0.25, 0.3) is 0 Å². The molecule has 0 fully saturated rings. The summed E-state index contributed by atoms with van der Waals surface area (Å²) in [6.07, 6.45) is 1.31. The molecule has 0 aromatic heterocycles. The zero-order chi connectivity index (χ0) is 25.5. The minimum Gasteiger partial charge on any atom is -0.496 e. The van der Waals surface area contributed by atoms with Crippen LogP contribution >= 0.6 is 0 Å². The van der Waals surface area contributed by atoms with Crippen LogP contribution in [0.4, 0.5) is 14.5 Å². The van der Waals surface area contributed by atoms with Gasteiger partial charge in [-0.05, 0) is 23.8 Å². The van der Waals surface area contributed by atoms with E-state index in [-0.39, 0.29) is 17.0 Å². The molecule has 0 aliphatic carbocycles. The van der Waals surface area contributed by atoms with Crippen LogP contribution in [0.2, 0.25) is 0 Å². The highest BCUT2D eigenvalue weighted by Gasteiger charge is 2.41. The number of rotatable bonds is 11. The second kappa shape index (κ2) is 11.1. The first kappa shape index (κ1) is 26.7. The molecule has 0 amide bonds. The summed E-state index contributed by atoms with van der Waals surface area (Å²) in [5.74, 6) is -1.25. The molecule has 2 aromatic rings. The number of carbonyl (C=O) groups is 1. The molecule has 0 aliphatic heterocycles. The smallest absolute Gasteiger partial charge is 0.420 e. The van der Waals surface area contributed by atoms with E-state index in [9.17, 15) is 22.0 Å². The molecule has 0 saturated heterocycles. The average molecular weight is 502 g/mol. The summed E-state index contributed by atoms with van der Waals surface area (Å²) in [5.41, 5.74) is 0.250. The van der Waals surface area contributed by atoms with Gasteiger partial charge in [-0.15, -0.1) is 0 Å². The van der Waals surface area contributed by atoms with Crippen LogP contribution in [0.15, 0.2) is 35.7 Å². The predicted octanol–water partition coefficient (Wildman–Crippen LogP) is 3.48. The van der Waals surface area contributed by atoms with Crippen LogP contribution in [0.1, 0.15) is 11.1 Å². The minimum atomic E-state index is -4.05. The summed E-state index contributed by atoms with van der Waals surface area (Å²) in [6, 6.07) is 2.94. The van der Waals surface area contributed by atoms with Crippen molar-refractivity contribution in [3.8, 4) is 23.0 Å². The van der Waals surface area contributed by atoms with Crippen molar-refractivity contribution in [1.29, 1.82) is 0 Å². The van der Waals surface area contributed by atoms with Gasteiger partial charge in [0, 0.05) is 17.5 Å². The second-order valence-electron chi connectivity index (χ2n) is 6.78. The van der Waals surface area contributed by atoms with Crippen molar-refractivity contribution in [1.82, 2.24) is 0 Å². The zero-order valence-corrected chi connectivity index (χ0v) is 20.0. The number of alkyl halides is 2. The second-order valence-corrected chi connectivity index (χ2v) is 8.67. The van der Waals surface area contributed by atoms with Gasteiger partial charge in [0.1, 0.15) is 23.0 Å². The third kappa shape index (κ3) is 6.50. The molecular weight excluding hydrogens is 476 g/mol. The Labute approximate surface area is 196 Å². The third-order valence-electron chi connectivity index (χ3n) is 4.56. The molecule has 0 radical (unpaired) electrons. The first-order valence-electron chi connectivity index (χ1n) is 9.62. The Bertz CT molecular complexity index is 1140. The predicted molar refractivity (Wildman–Crippen MR) is 121 cm³/mol. The monoisotopic (exact) mass is 501 g/mol. The number of sulfone groups is 1. The van der Waals surface area contributed by atoms with Gasteiger partial charge in [0.2, 0.25) is 0 Å². The molecular formula is C22H25F2NO8S. The highest BCUT2D eigenvalue weighted by Crippen LogP contribution is 2.35. The topological polar surface area (TPSA) is 109 Å². The van der Waals surface area contributed by atoms with E-state index in [4.69, 9.17) is 18.9 Å². The summed E-state index contributed by atoms with van der Waals surface area (Å²) >= 11 is 0. The van der Waals surface area contributed by atoms with Crippen LogP contribution < -0.4 is 24.3 Å². The number of esters is 1. The summed E-state index contributed by atoms with van der Waals surface area (Å²) < 4.78 is 78.3. The molecule has 0 heterocycles. The van der Waals surface area contributed by atoms with Gasteiger partial charge in [-0.2, -0.15) is 8.78 Å². The van der Waals surface area contributed by atoms with Gasteiger partial charge in [-0.1, -0.05) is 6.07 Å². The van der Waals surface area contributed by atoms with Crippen molar-refractivity contribution in [2.75, 3.05) is 40.9 Å². The fraction of sp³-hybridized carbons (Fsp3) is 0.318. The lowest BCUT2D eigenvalue weighted by Crippen LogP contribution is -2.38. The molecule has 0 bridgehead atoms. The summed E-state index contributed by atoms with van der Waals surface area (Å²) in [7, 11) is 2.48. The number of hydrogen-bond donors (Lipinski definition) is 1. The fourth-order valence-corrected chi connectivity index (χ4v) is 4.02. The Morgan fingerprint density at radius 2 is 1.53 bits per heavy atom. The third-order valence-corrected chi connectivity index (χ3v) is 5.85. The molecule has 0 saturated carbocycles. The molecule has 0 aliphatic rings. The molecule has 12 heteroatoms. The van der Waals surface area contributed by atoms with Crippen molar-refractivity contribution in [3.63, 3.8) is 0 Å². The molecule has 2 aromatic carbocycles. The number of methoxy groups -OCH3 is 5. The average Bonchev–Trinajstić information content (AvgIpc) is 2.81. The van der Waals surface area contributed by atoms with E-state index in [1.54, 1.807) is 17.4 Å². The van der Waals surface area contributed by atoms with Crippen LogP contribution in [-0.2, 0) is 25.1 Å². The zero-order valence-electron chi connectivity index (χ0n) is 19.2. The quantitative estimate of drug-likeness (QED) is 0.366. The first-order valence-corrected chi connectivity index (χ1v) is 11.3. The van der Waals surface area contributed by atoms with E-state index in [0.29, 0.717) is 22.8 Å². The van der Waals surface area contributed by atoms with Crippen molar-refractivity contribution in [2.24, 2.45) is 0 Å². The molecule has 34 heavy (non-hydrogen) atoms. The highest BCUT2D eigenvalue weighted by molar-refractivity contribution is 7.93. The van der Waals surface area contributed by atoms with Crippen molar-refractivity contribution < 1.29 is 45.7 Å². The Kier molecular flexibility index (Phi) is 8.68. The lowest BCUT2D eigenvalue weighted by atomic mass is 10.1. The van der Waals surface area contributed by atoms with E-state index >= 15 is 0 Å². The standard InChI is InChI=1S/C22H25F2NO8S/c1-29-15-11-19(31-3)16(20(12-15)32-4)8-9-34(27,28)13-14-6-7-18(30-2)17(10-14)25-22(23,24)21(26)33-5/h6-12,25H,13H2,1-5H3/b9-8+. The van der Waals surface area contributed by atoms with E-state index in [1.807, 2.05) is 0 Å². The van der Waals surface area contributed by atoms with E-state index in [2.05, 4.69) is 4.74 Å². The maximum Gasteiger partial charge on any atom is 0.420 e. The number of carbonyl (C=O) groups excluding carboxylic acids is 1. The summed E-state index contributed by atoms with van der Waals surface area (Å²) in [6.45, 7) is 0. The first-order chi connectivity index (χ1) is 16.0. The van der Waals surface area contributed by atoms with E-state index in [0.717, 1.165) is 18.6 Å². The molecule has 2 rings (SSSR count). The van der Waals surface area contributed by atoms with Gasteiger partial charge in [0.15, 0.2) is 9.84 Å². The van der Waals surface area contributed by atoms with Crippen LogP contribution in [0.5, 0.6) is 23.0 Å². The Balaban J connectivity index is 2.35. The van der Waals surface area contributed by atoms with Gasteiger partial charge >= 0.3 is 12.0 Å². The molecule has 9 nitrogen and oxygen atoms in total. The van der Waals surface area contributed by atoms with Crippen LogP contribution in [0.3, 0.4) is 0 Å². The normalized spacial score (nSPS) is 11.7. The number of nitrogens with one attached hydrogen (secondary N) is 1. The van der Waals surface area contributed by atoms with Crippen LogP contribution in [0, 0.1) is 0 Å². The number of anilines is 1. The summed E-state index contributed by atoms with van der Waals surface area (Å²) in [5, 5.41) is 2.68. The number of hydrogen-bond acceptors (Lipinski definition) is 9. The van der Waals surface area contributed by atoms with Gasteiger partial charge in [-0.25, -0.2) is 13.2 Å². The largest absolute Gasteiger partial charge is 0.496 e. The SMILES string of the molecule is COC(=O)C(F)(F)Nc1cc(CS(=O)(=O)/C=C/c2c(OC)cc(OC)cc2OC)ccc1OC. The van der Waals surface area contributed by atoms with Gasteiger partial charge in [-0.3, -0.25) is 0 Å². The van der Waals surface area contributed by atoms with E-state index < -0.39 is 27.6 Å². The molecule has 0 atom stereocenters. The Morgan fingerprint density at radius 3 is 2.03 bits per heavy atom. The molecule has 0 unspecified atom stereocenters. The molecule has 0 spiro atoms. The van der Waals surface area contributed by atoms with Crippen molar-refractivity contribution >= 4 is 27.6 Å². The Morgan fingerprint density at radius 1 is 0.941 bits per heavy atom. The number of halogens is 2. The van der Waals surface area contributed by atoms with Crippen LogP contribution in [0.25, 0.3) is 6.08 Å². The number of benzene rings is 2. The maximum absolute atomic E-state index is 14.0. The van der Waals surface area contributed by atoms with E-state index in [1.165, 1.54) is 46.6 Å². The lowest BCUT2D eigenvalue weighted by Gasteiger charge is -2.19. The molecule has 1 N–H and O–H groups in total. The van der Waals surface area contributed by atoms with Gasteiger partial charge < -0.3 is 29.0 Å². The van der Waals surface area contributed by atoms with Crippen LogP contribution in [-0.4, -0.2) is 56.0 Å². The van der Waals surface area contributed by atoms with Gasteiger partial charge in [0.05, 0.1) is 52.6 Å². The van der Waals surface area contributed by atoms with Crippen molar-refractivity contribution in [3.05, 3.63) is 46.9 Å². The minimum absolute atomic E-state index is 0.0204. The van der Waals surface area contributed by atoms with Crippen molar-refractivity contribution in [2.45, 2.75) is 11.8 Å². The maximum atomic E-state index is 14.0. The molecule has 186 valence electrons. The summed E-state index contributed by atoms with van der Waals surface area (Å²) in [4.78, 5) is 11.3. The lowest BCUT2D eigenvalue weighted by molar-refractivity contribution is -0.164. The number of ether oxygens (including phenoxy) is 5.